The molecule has 0 fully saturated rings. The predicted octanol–water partition coefficient (Wildman–Crippen LogP) is 3.01. The molecular weight excluding hydrogens is 247 g/mol. The summed E-state index contributed by atoms with van der Waals surface area (Å²) in [7, 11) is 0. The fourth-order valence-corrected chi connectivity index (χ4v) is 1.61. The first-order valence-corrected chi connectivity index (χ1v) is 5.21. The Hall–Kier alpha value is -1.45. The van der Waals surface area contributed by atoms with Gasteiger partial charge < -0.3 is 0 Å². The van der Waals surface area contributed by atoms with Crippen molar-refractivity contribution >= 4 is 29.0 Å². The third-order valence-corrected chi connectivity index (χ3v) is 2.54. The van der Waals surface area contributed by atoms with Gasteiger partial charge in [0.1, 0.15) is 5.69 Å². The molecule has 0 radical (unpaired) electrons. The summed E-state index contributed by atoms with van der Waals surface area (Å²) >= 11 is 11.7. The highest BCUT2D eigenvalue weighted by molar-refractivity contribution is 6.36. The predicted molar refractivity (Wildman–Crippen MR) is 61.9 cm³/mol. The quantitative estimate of drug-likeness (QED) is 0.772. The van der Waals surface area contributed by atoms with Crippen molar-refractivity contribution in [1.82, 2.24) is 10.2 Å². The van der Waals surface area contributed by atoms with E-state index in [-0.39, 0.29) is 11.5 Å². The smallest absolute Gasteiger partial charge is 0.214 e. The zero-order valence-corrected chi connectivity index (χ0v) is 9.53. The molecule has 0 saturated heterocycles. The first-order chi connectivity index (χ1) is 7.68. The Morgan fingerprint density at radius 2 is 2.00 bits per heavy atom. The van der Waals surface area contributed by atoms with Gasteiger partial charge in [0, 0.05) is 16.8 Å². The summed E-state index contributed by atoms with van der Waals surface area (Å²) in [5, 5.41) is 8.16. The van der Waals surface area contributed by atoms with Crippen LogP contribution in [-0.4, -0.2) is 16.0 Å². The van der Waals surface area contributed by atoms with E-state index >= 15 is 0 Å². The zero-order valence-electron chi connectivity index (χ0n) is 8.02. The number of hydrogen-bond acceptors (Lipinski definition) is 3. The van der Waals surface area contributed by atoms with Crippen LogP contribution in [0.1, 0.15) is 16.1 Å². The van der Waals surface area contributed by atoms with Gasteiger partial charge in [0.25, 0.3) is 0 Å². The van der Waals surface area contributed by atoms with E-state index in [4.69, 9.17) is 23.2 Å². The number of carbonyl (C=O) groups is 1. The third-order valence-electron chi connectivity index (χ3n) is 1.98. The first-order valence-electron chi connectivity index (χ1n) is 4.46. The molecule has 0 aliphatic heterocycles. The van der Waals surface area contributed by atoms with Crippen LogP contribution >= 0.6 is 23.2 Å². The van der Waals surface area contributed by atoms with E-state index in [1.165, 1.54) is 12.3 Å². The van der Waals surface area contributed by atoms with Crippen LogP contribution in [-0.2, 0) is 0 Å². The average Bonchev–Trinajstić information content (AvgIpc) is 2.32. The van der Waals surface area contributed by atoms with Crippen LogP contribution in [0.15, 0.2) is 36.5 Å². The number of hydrogen-bond donors (Lipinski definition) is 0. The van der Waals surface area contributed by atoms with Gasteiger partial charge in [0.2, 0.25) is 5.78 Å². The van der Waals surface area contributed by atoms with E-state index in [0.29, 0.717) is 15.6 Å². The molecule has 1 aromatic carbocycles. The lowest BCUT2D eigenvalue weighted by Gasteiger charge is -2.02. The Labute approximate surface area is 102 Å². The number of nitrogens with zero attached hydrogens (tertiary/aromatic N) is 2. The van der Waals surface area contributed by atoms with Crippen molar-refractivity contribution in [3.63, 3.8) is 0 Å². The molecule has 0 unspecified atom stereocenters. The molecule has 0 saturated carbocycles. The lowest BCUT2D eigenvalue weighted by atomic mass is 10.1. The molecule has 0 N–H and O–H groups in total. The van der Waals surface area contributed by atoms with Crippen LogP contribution in [0.25, 0.3) is 0 Å². The van der Waals surface area contributed by atoms with Gasteiger partial charge in [0.05, 0.1) is 5.02 Å². The molecule has 0 atom stereocenters. The van der Waals surface area contributed by atoms with E-state index in [2.05, 4.69) is 10.2 Å². The van der Waals surface area contributed by atoms with Crippen molar-refractivity contribution in [2.75, 3.05) is 0 Å². The minimum atomic E-state index is -0.291. The Balaban J connectivity index is 2.46. The van der Waals surface area contributed by atoms with Gasteiger partial charge in [-0.15, -0.1) is 5.10 Å². The molecule has 2 aromatic rings. The van der Waals surface area contributed by atoms with Crippen molar-refractivity contribution in [3.05, 3.63) is 57.8 Å². The van der Waals surface area contributed by atoms with Gasteiger partial charge >= 0.3 is 0 Å². The molecule has 16 heavy (non-hydrogen) atoms. The van der Waals surface area contributed by atoms with Gasteiger partial charge in [0.15, 0.2) is 0 Å². The van der Waals surface area contributed by atoms with Crippen LogP contribution in [0.3, 0.4) is 0 Å². The molecular formula is C11H6Cl2N2O. The highest BCUT2D eigenvalue weighted by Gasteiger charge is 2.14. The molecule has 2 rings (SSSR count). The molecule has 0 bridgehead atoms. The number of ketones is 1. The molecule has 1 aromatic heterocycles. The second-order valence-electron chi connectivity index (χ2n) is 3.06. The van der Waals surface area contributed by atoms with Crippen LogP contribution in [0.2, 0.25) is 10.0 Å². The molecule has 0 aliphatic rings. The number of benzene rings is 1. The first kappa shape index (κ1) is 11.0. The van der Waals surface area contributed by atoms with Gasteiger partial charge in [-0.25, -0.2) is 0 Å². The summed E-state index contributed by atoms with van der Waals surface area (Å²) in [6, 6.07) is 7.93. The summed E-state index contributed by atoms with van der Waals surface area (Å²) in [5.41, 5.74) is 0.571. The number of aromatic nitrogens is 2. The topological polar surface area (TPSA) is 42.9 Å². The van der Waals surface area contributed by atoms with E-state index < -0.39 is 0 Å². The minimum absolute atomic E-state index is 0.242. The number of halogens is 2. The van der Waals surface area contributed by atoms with Gasteiger partial charge in [-0.2, -0.15) is 5.10 Å². The highest BCUT2D eigenvalue weighted by atomic mass is 35.5. The summed E-state index contributed by atoms with van der Waals surface area (Å²) in [4.78, 5) is 12.0. The van der Waals surface area contributed by atoms with E-state index in [9.17, 15) is 4.79 Å². The van der Waals surface area contributed by atoms with Crippen LogP contribution < -0.4 is 0 Å². The van der Waals surface area contributed by atoms with Crippen molar-refractivity contribution < 1.29 is 4.79 Å². The van der Waals surface area contributed by atoms with Crippen molar-refractivity contribution in [2.45, 2.75) is 0 Å². The Kier molecular flexibility index (Phi) is 3.17. The fourth-order valence-electron chi connectivity index (χ4n) is 1.23. The number of carbonyl (C=O) groups excluding carboxylic acids is 1. The SMILES string of the molecule is O=C(c1cccnn1)c1cc(Cl)ccc1Cl. The van der Waals surface area contributed by atoms with Crippen LogP contribution in [0.5, 0.6) is 0 Å². The second kappa shape index (κ2) is 4.60. The summed E-state index contributed by atoms with van der Waals surface area (Å²) in [5.74, 6) is -0.291. The second-order valence-corrected chi connectivity index (χ2v) is 3.91. The van der Waals surface area contributed by atoms with E-state index in [1.807, 2.05) is 0 Å². The van der Waals surface area contributed by atoms with Crippen molar-refractivity contribution in [2.24, 2.45) is 0 Å². The van der Waals surface area contributed by atoms with Crippen LogP contribution in [0.4, 0.5) is 0 Å². The van der Waals surface area contributed by atoms with Gasteiger partial charge in [-0.1, -0.05) is 23.2 Å². The summed E-state index contributed by atoms with van der Waals surface area (Å²) in [6.45, 7) is 0. The molecule has 0 spiro atoms. The molecule has 80 valence electrons. The summed E-state index contributed by atoms with van der Waals surface area (Å²) < 4.78 is 0. The lowest BCUT2D eigenvalue weighted by molar-refractivity contribution is 0.103. The minimum Gasteiger partial charge on any atom is -0.287 e. The highest BCUT2D eigenvalue weighted by Crippen LogP contribution is 2.22. The van der Waals surface area contributed by atoms with Crippen LogP contribution in [0, 0.1) is 0 Å². The van der Waals surface area contributed by atoms with E-state index in [0.717, 1.165) is 0 Å². The number of rotatable bonds is 2. The largest absolute Gasteiger partial charge is 0.287 e. The van der Waals surface area contributed by atoms with Gasteiger partial charge in [-0.05, 0) is 30.3 Å². The van der Waals surface area contributed by atoms with E-state index in [1.54, 1.807) is 24.3 Å². The maximum atomic E-state index is 12.0. The normalized spacial score (nSPS) is 10.1. The molecule has 1 heterocycles. The Morgan fingerprint density at radius 1 is 1.19 bits per heavy atom. The van der Waals surface area contributed by atoms with Crippen molar-refractivity contribution in [3.8, 4) is 0 Å². The standard InChI is InChI=1S/C11H6Cl2N2O/c12-7-3-4-9(13)8(6-7)11(16)10-2-1-5-14-15-10/h1-6H. The third kappa shape index (κ3) is 2.21. The fraction of sp³-hybridized carbons (Fsp3) is 0. The lowest BCUT2D eigenvalue weighted by Crippen LogP contribution is -2.05. The van der Waals surface area contributed by atoms with Crippen molar-refractivity contribution in [1.29, 1.82) is 0 Å². The molecule has 0 aliphatic carbocycles. The van der Waals surface area contributed by atoms with Gasteiger partial charge in [-0.3, -0.25) is 4.79 Å². The monoisotopic (exact) mass is 252 g/mol. The Morgan fingerprint density at radius 3 is 2.69 bits per heavy atom. The molecule has 0 amide bonds. The molecule has 5 heteroatoms. The average molecular weight is 253 g/mol. The Bertz CT molecular complexity index is 529. The zero-order chi connectivity index (χ0) is 11.5. The maximum absolute atomic E-state index is 12.0. The summed E-state index contributed by atoms with van der Waals surface area (Å²) in [6.07, 6.45) is 1.50. The maximum Gasteiger partial charge on any atom is 0.214 e. The molecule has 3 nitrogen and oxygen atoms in total.